The molecule has 2 fully saturated rings. The van der Waals surface area contributed by atoms with Gasteiger partial charge in [-0.3, -0.25) is 4.79 Å². The number of alkyl halides is 3. The number of aromatic nitrogens is 2. The first-order chi connectivity index (χ1) is 19.1. The maximum atomic E-state index is 13.1. The fraction of sp³-hybridized carbons (Fsp3) is 0.407. The van der Waals surface area contributed by atoms with Crippen LogP contribution in [0, 0.1) is 0 Å². The number of amides is 1. The standard InChI is InChI=1S/C27H27ClF3N5O4/c1-39-19-6-7-21-20(12-19)24(33-15-32-21)36-13-22(23(14-36)40-26(38)27(29,30)31)34-18-8-10-35(11-9-18)25(37)16-2-4-17(28)5-3-16/h2-7,12,15,18,22-23,34H,8-11,13-14H2,1H3/t22-,23-/m0/s1. The highest BCUT2D eigenvalue weighted by Gasteiger charge is 2.46. The monoisotopic (exact) mass is 577 g/mol. The van der Waals surface area contributed by atoms with E-state index in [1.165, 1.54) is 13.4 Å². The second kappa shape index (κ2) is 11.5. The average molecular weight is 578 g/mol. The van der Waals surface area contributed by atoms with Gasteiger partial charge in [-0.05, 0) is 55.3 Å². The van der Waals surface area contributed by atoms with Gasteiger partial charge >= 0.3 is 12.1 Å². The number of ether oxygens (including phenoxy) is 2. The van der Waals surface area contributed by atoms with E-state index in [2.05, 4.69) is 15.3 Å². The van der Waals surface area contributed by atoms with E-state index in [1.807, 2.05) is 0 Å². The van der Waals surface area contributed by atoms with Crippen LogP contribution in [-0.4, -0.2) is 84.4 Å². The van der Waals surface area contributed by atoms with Gasteiger partial charge in [0.15, 0.2) is 0 Å². The Balaban J connectivity index is 1.30. The Labute approximate surface area is 233 Å². The number of hydrogen-bond acceptors (Lipinski definition) is 8. The molecule has 2 aliphatic heterocycles. The minimum atomic E-state index is -5.11. The number of hydrogen-bond donors (Lipinski definition) is 1. The first kappa shape index (κ1) is 27.9. The molecule has 13 heteroatoms. The number of carbonyl (C=O) groups excluding carboxylic acids is 2. The summed E-state index contributed by atoms with van der Waals surface area (Å²) < 4.78 is 49.5. The molecule has 40 heavy (non-hydrogen) atoms. The molecule has 1 amide bonds. The molecule has 5 rings (SSSR count). The highest BCUT2D eigenvalue weighted by molar-refractivity contribution is 6.30. The lowest BCUT2D eigenvalue weighted by atomic mass is 10.0. The maximum absolute atomic E-state index is 13.1. The van der Waals surface area contributed by atoms with Crippen LogP contribution in [0.3, 0.4) is 0 Å². The lowest BCUT2D eigenvalue weighted by Gasteiger charge is -2.34. The van der Waals surface area contributed by atoms with Crippen LogP contribution in [0.15, 0.2) is 48.8 Å². The molecule has 3 aromatic rings. The van der Waals surface area contributed by atoms with E-state index >= 15 is 0 Å². The number of carbonyl (C=O) groups is 2. The Hall–Kier alpha value is -3.64. The minimum Gasteiger partial charge on any atom is -0.497 e. The number of piperidine rings is 1. The zero-order valence-corrected chi connectivity index (χ0v) is 22.3. The molecule has 2 saturated heterocycles. The Morgan fingerprint density at radius 2 is 1.77 bits per heavy atom. The van der Waals surface area contributed by atoms with Gasteiger partial charge in [-0.1, -0.05) is 11.6 Å². The summed E-state index contributed by atoms with van der Waals surface area (Å²) in [6, 6.07) is 11.3. The fourth-order valence-electron chi connectivity index (χ4n) is 5.16. The van der Waals surface area contributed by atoms with E-state index in [9.17, 15) is 22.8 Å². The largest absolute Gasteiger partial charge is 0.497 e. The SMILES string of the molecule is COc1ccc2ncnc(N3C[C@H](NC4CCN(C(=O)c5ccc(Cl)cc5)CC4)[C@@H](OC(=O)C(F)(F)F)C3)c2c1. The van der Waals surface area contributed by atoms with Gasteiger partial charge in [-0.2, -0.15) is 13.2 Å². The zero-order chi connectivity index (χ0) is 28.4. The van der Waals surface area contributed by atoms with E-state index in [1.54, 1.807) is 52.3 Å². The molecule has 2 aromatic carbocycles. The number of methoxy groups -OCH3 is 1. The summed E-state index contributed by atoms with van der Waals surface area (Å²) in [5.74, 6) is -1.25. The summed E-state index contributed by atoms with van der Waals surface area (Å²) in [6.45, 7) is 1.21. The number of nitrogens with zero attached hydrogens (tertiary/aromatic N) is 4. The van der Waals surface area contributed by atoms with Crippen molar-refractivity contribution in [2.24, 2.45) is 0 Å². The van der Waals surface area contributed by atoms with Crippen molar-refractivity contribution < 1.29 is 32.2 Å². The molecule has 1 aromatic heterocycles. The molecule has 0 saturated carbocycles. The molecule has 0 unspecified atom stereocenters. The third-order valence-electron chi connectivity index (χ3n) is 7.20. The van der Waals surface area contributed by atoms with Gasteiger partial charge in [0.05, 0.1) is 25.2 Å². The van der Waals surface area contributed by atoms with Crippen LogP contribution in [0.5, 0.6) is 5.75 Å². The second-order valence-corrected chi connectivity index (χ2v) is 10.2. The van der Waals surface area contributed by atoms with Crippen LogP contribution in [-0.2, 0) is 9.53 Å². The molecule has 0 radical (unpaired) electrons. The van der Waals surface area contributed by atoms with Gasteiger partial charge in [0.1, 0.15) is 24.0 Å². The molecule has 0 spiro atoms. The smallest absolute Gasteiger partial charge is 0.490 e. The number of anilines is 1. The number of esters is 1. The van der Waals surface area contributed by atoms with Gasteiger partial charge in [0.2, 0.25) is 0 Å². The van der Waals surface area contributed by atoms with Crippen LogP contribution in [0.2, 0.25) is 5.02 Å². The Kier molecular flexibility index (Phi) is 7.99. The molecule has 0 aliphatic carbocycles. The second-order valence-electron chi connectivity index (χ2n) is 9.77. The third kappa shape index (κ3) is 6.07. The Morgan fingerprint density at radius 3 is 2.45 bits per heavy atom. The van der Waals surface area contributed by atoms with Crippen molar-refractivity contribution in [1.29, 1.82) is 0 Å². The zero-order valence-electron chi connectivity index (χ0n) is 21.5. The van der Waals surface area contributed by atoms with Crippen molar-refractivity contribution in [2.45, 2.75) is 37.2 Å². The summed E-state index contributed by atoms with van der Waals surface area (Å²) in [7, 11) is 1.53. The van der Waals surface area contributed by atoms with Crippen LogP contribution in [0.1, 0.15) is 23.2 Å². The molecule has 9 nitrogen and oxygen atoms in total. The number of halogens is 4. The summed E-state index contributed by atoms with van der Waals surface area (Å²) in [5.41, 5.74) is 1.18. The third-order valence-corrected chi connectivity index (χ3v) is 7.45. The molecular weight excluding hydrogens is 551 g/mol. The van der Waals surface area contributed by atoms with Crippen molar-refractivity contribution >= 4 is 40.2 Å². The quantitative estimate of drug-likeness (QED) is 0.442. The summed E-state index contributed by atoms with van der Waals surface area (Å²) >= 11 is 5.92. The van der Waals surface area contributed by atoms with Crippen molar-refractivity contribution in [3.8, 4) is 5.75 Å². The Morgan fingerprint density at radius 1 is 1.05 bits per heavy atom. The van der Waals surface area contributed by atoms with E-state index in [4.69, 9.17) is 21.1 Å². The summed E-state index contributed by atoms with van der Waals surface area (Å²) in [5, 5.41) is 4.60. The van der Waals surface area contributed by atoms with Gasteiger partial charge in [0, 0.05) is 41.6 Å². The molecule has 2 aliphatic rings. The van der Waals surface area contributed by atoms with Crippen molar-refractivity contribution in [1.82, 2.24) is 20.2 Å². The summed E-state index contributed by atoms with van der Waals surface area (Å²) in [6.07, 6.45) is -3.62. The van der Waals surface area contributed by atoms with Crippen LogP contribution in [0.25, 0.3) is 10.9 Å². The highest BCUT2D eigenvalue weighted by atomic mass is 35.5. The number of likely N-dealkylation sites (tertiary alicyclic amines) is 1. The molecule has 3 heterocycles. The van der Waals surface area contributed by atoms with E-state index < -0.39 is 24.3 Å². The van der Waals surface area contributed by atoms with E-state index in [0.717, 1.165) is 0 Å². The van der Waals surface area contributed by atoms with Crippen molar-refractivity contribution in [2.75, 3.05) is 38.2 Å². The van der Waals surface area contributed by atoms with E-state index in [0.29, 0.717) is 59.0 Å². The van der Waals surface area contributed by atoms with Crippen LogP contribution >= 0.6 is 11.6 Å². The van der Waals surface area contributed by atoms with Gasteiger partial charge in [-0.15, -0.1) is 0 Å². The maximum Gasteiger partial charge on any atom is 0.490 e. The molecule has 1 N–H and O–H groups in total. The van der Waals surface area contributed by atoms with Crippen LogP contribution in [0.4, 0.5) is 19.0 Å². The van der Waals surface area contributed by atoms with Crippen molar-refractivity contribution in [3.05, 3.63) is 59.4 Å². The number of fused-ring (bicyclic) bond motifs is 1. The number of rotatable bonds is 6. The lowest BCUT2D eigenvalue weighted by molar-refractivity contribution is -0.204. The molecule has 2 atom stereocenters. The van der Waals surface area contributed by atoms with Crippen molar-refractivity contribution in [3.63, 3.8) is 0 Å². The highest BCUT2D eigenvalue weighted by Crippen LogP contribution is 2.31. The molecule has 212 valence electrons. The predicted molar refractivity (Wildman–Crippen MR) is 142 cm³/mol. The van der Waals surface area contributed by atoms with Gasteiger partial charge < -0.3 is 24.6 Å². The molecular formula is C27H27ClF3N5O4. The normalized spacial score (nSPS) is 20.1. The lowest BCUT2D eigenvalue weighted by Crippen LogP contribution is -2.52. The fourth-order valence-corrected chi connectivity index (χ4v) is 5.28. The predicted octanol–water partition coefficient (Wildman–Crippen LogP) is 3.85. The first-order valence-electron chi connectivity index (χ1n) is 12.7. The Bertz CT molecular complexity index is 1380. The summed E-state index contributed by atoms with van der Waals surface area (Å²) in [4.78, 5) is 36.8. The van der Waals surface area contributed by atoms with E-state index in [-0.39, 0.29) is 25.0 Å². The first-order valence-corrected chi connectivity index (χ1v) is 13.1. The number of benzene rings is 2. The minimum absolute atomic E-state index is 0.0106. The average Bonchev–Trinajstić information content (AvgIpc) is 3.33. The van der Waals surface area contributed by atoms with Gasteiger partial charge in [-0.25, -0.2) is 14.8 Å². The topological polar surface area (TPSA) is 96.9 Å². The molecule has 0 bridgehead atoms. The van der Waals surface area contributed by atoms with Gasteiger partial charge in [0.25, 0.3) is 5.91 Å². The van der Waals surface area contributed by atoms with Crippen LogP contribution < -0.4 is 15.0 Å². The number of nitrogens with one attached hydrogen (secondary N) is 1.